The predicted molar refractivity (Wildman–Crippen MR) is 172 cm³/mol. The van der Waals surface area contributed by atoms with E-state index in [1.807, 2.05) is 0 Å². The number of carboxylic acid groups (broad SMARTS) is 1. The van der Waals surface area contributed by atoms with Gasteiger partial charge in [0.05, 0.1) is 29.4 Å². The number of nitrogens with two attached hydrogens (primary N) is 1. The number of carbonyl (C=O) groups is 4. The molecule has 1 fully saturated rings. The van der Waals surface area contributed by atoms with E-state index in [2.05, 4.69) is 25.5 Å². The number of pyridine rings is 1. The van der Waals surface area contributed by atoms with E-state index < -0.39 is 96.6 Å². The summed E-state index contributed by atoms with van der Waals surface area (Å²) >= 11 is 0.875. The van der Waals surface area contributed by atoms with Crippen molar-refractivity contribution in [3.8, 4) is 5.75 Å². The van der Waals surface area contributed by atoms with Crippen LogP contribution >= 0.6 is 11.3 Å². The molecular formula is C26H28N8O14S3. The molecule has 0 unspecified atom stereocenters. The first-order valence-electron chi connectivity index (χ1n) is 14.0. The maximum absolute atomic E-state index is 13.3. The predicted octanol–water partition coefficient (Wildman–Crippen LogP) is -2.18. The van der Waals surface area contributed by atoms with Crippen molar-refractivity contribution in [1.82, 2.24) is 29.4 Å². The van der Waals surface area contributed by atoms with Crippen molar-refractivity contribution >= 4 is 66.2 Å². The van der Waals surface area contributed by atoms with E-state index in [9.17, 15) is 60.8 Å². The molecule has 2 atom stereocenters. The molecule has 0 bridgehead atoms. The van der Waals surface area contributed by atoms with Crippen LogP contribution in [0, 0.1) is 0 Å². The Morgan fingerprint density at radius 2 is 1.84 bits per heavy atom. The van der Waals surface area contributed by atoms with Crippen molar-refractivity contribution in [2.75, 3.05) is 12.3 Å². The third-order valence-electron chi connectivity index (χ3n) is 6.97. The molecule has 1 aliphatic heterocycles. The molecule has 3 aromatic rings. The summed E-state index contributed by atoms with van der Waals surface area (Å²) in [7, 11) is -9.61. The van der Waals surface area contributed by atoms with Crippen molar-refractivity contribution in [1.29, 1.82) is 0 Å². The summed E-state index contributed by atoms with van der Waals surface area (Å²) in [6.45, 7) is 0.913. The molecule has 51 heavy (non-hydrogen) atoms. The highest BCUT2D eigenvalue weighted by Gasteiger charge is 2.54. The lowest BCUT2D eigenvalue weighted by atomic mass is 9.98. The third-order valence-corrected chi connectivity index (χ3v) is 10.00. The zero-order valence-electron chi connectivity index (χ0n) is 26.1. The molecule has 4 rings (SSSR count). The number of anilines is 1. The lowest BCUT2D eigenvalue weighted by Gasteiger charge is -2.44. The lowest BCUT2D eigenvalue weighted by Crippen LogP contribution is -2.74. The first-order valence-corrected chi connectivity index (χ1v) is 17.7. The van der Waals surface area contributed by atoms with E-state index >= 15 is 0 Å². The number of aromatic hydroxyl groups is 1. The van der Waals surface area contributed by atoms with Gasteiger partial charge < -0.3 is 36.6 Å². The molecule has 22 nitrogen and oxygen atoms in total. The van der Waals surface area contributed by atoms with E-state index in [0.717, 1.165) is 43.4 Å². The van der Waals surface area contributed by atoms with Gasteiger partial charge in [0.15, 0.2) is 16.6 Å². The Morgan fingerprint density at radius 3 is 2.45 bits per heavy atom. The number of rotatable bonds is 14. The van der Waals surface area contributed by atoms with Gasteiger partial charge in [-0.1, -0.05) is 11.2 Å². The second-order valence-electron chi connectivity index (χ2n) is 11.0. The highest BCUT2D eigenvalue weighted by Crippen LogP contribution is 2.24. The van der Waals surface area contributed by atoms with Crippen molar-refractivity contribution in [2.24, 2.45) is 5.16 Å². The Labute approximate surface area is 291 Å². The number of β-lactam (4-membered cyclic amide) rings is 1. The zero-order valence-corrected chi connectivity index (χ0v) is 28.5. The number of nitrogens with one attached hydrogen (secondary N) is 3. The van der Waals surface area contributed by atoms with Crippen molar-refractivity contribution in [2.45, 2.75) is 43.0 Å². The second kappa shape index (κ2) is 14.3. The summed E-state index contributed by atoms with van der Waals surface area (Å²) in [5.74, 6) is -5.76. The largest absolute Gasteiger partial charge is 0.503 e. The molecule has 1 saturated heterocycles. The zero-order chi connectivity index (χ0) is 38.1. The molecule has 0 spiro atoms. The number of hydrogen-bond acceptors (Lipinski definition) is 16. The number of benzene rings is 1. The quantitative estimate of drug-likeness (QED) is 0.0284. The van der Waals surface area contributed by atoms with Crippen LogP contribution in [0.5, 0.6) is 5.75 Å². The Hall–Kier alpha value is -5.63. The number of nitrogens with zero attached hydrogens (tertiary/aromatic N) is 4. The summed E-state index contributed by atoms with van der Waals surface area (Å²) in [4.78, 5) is 70.6. The molecule has 2 aromatic heterocycles. The number of aliphatic carboxylic acids is 1. The lowest BCUT2D eigenvalue weighted by molar-refractivity contribution is -0.161. The van der Waals surface area contributed by atoms with Crippen molar-refractivity contribution in [3.05, 3.63) is 69.1 Å². The summed E-state index contributed by atoms with van der Waals surface area (Å²) in [6, 6.07) is 1.84. The molecular weight excluding hydrogens is 745 g/mol. The molecule has 274 valence electrons. The van der Waals surface area contributed by atoms with Gasteiger partial charge in [-0.2, -0.15) is 13.1 Å². The van der Waals surface area contributed by atoms with Gasteiger partial charge in [-0.3, -0.25) is 23.7 Å². The van der Waals surface area contributed by atoms with Crippen LogP contribution < -0.4 is 26.5 Å². The van der Waals surface area contributed by atoms with Crippen LogP contribution in [0.25, 0.3) is 0 Å². The molecule has 0 radical (unpaired) electrons. The summed E-state index contributed by atoms with van der Waals surface area (Å²) in [5, 5.41) is 37.8. The summed E-state index contributed by atoms with van der Waals surface area (Å²) in [6.07, 6.45) is 0.660. The van der Waals surface area contributed by atoms with Crippen LogP contribution in [-0.4, -0.2) is 104 Å². The van der Waals surface area contributed by atoms with Gasteiger partial charge in [0, 0.05) is 23.6 Å². The Bertz CT molecular complexity index is 2220. The molecule has 3 heterocycles. The molecule has 25 heteroatoms. The van der Waals surface area contributed by atoms with Gasteiger partial charge in [-0.25, -0.2) is 27.2 Å². The van der Waals surface area contributed by atoms with Gasteiger partial charge in [0.2, 0.25) is 21.1 Å². The van der Waals surface area contributed by atoms with Gasteiger partial charge in [0.25, 0.3) is 17.7 Å². The maximum atomic E-state index is 13.3. The minimum absolute atomic E-state index is 0.0191. The van der Waals surface area contributed by atoms with E-state index in [1.165, 1.54) is 17.5 Å². The number of amides is 3. The molecule has 3 amide bonds. The minimum Gasteiger partial charge on any atom is -0.503 e. The van der Waals surface area contributed by atoms with Gasteiger partial charge in [0.1, 0.15) is 11.7 Å². The standard InChI is InChI=1S/C26H28N8O14S3/c1-26(2,24(40)41)48-32-19(15-11-49-25(27)30-15)22(38)31-20-16(34(23(20)39)51(45,46)47)9-28-21(37)12-4-3-5-14(6-12)50(43,44)29-8-13-7-17(35)18(36)10-33(13)42/h3-7,10-11,16,20,29,36,42H,8-9H2,1-2H3,(H2,27,30)(H,28,37)(H,31,38)(H,40,41)(H,45,46,47)/t16-,20+/m1/s1. The number of aromatic nitrogens is 2. The minimum atomic E-state index is -5.22. The van der Waals surface area contributed by atoms with Crippen LogP contribution in [0.4, 0.5) is 5.13 Å². The van der Waals surface area contributed by atoms with Crippen LogP contribution in [0.1, 0.15) is 35.6 Å². The molecule has 0 saturated carbocycles. The third kappa shape index (κ3) is 8.58. The van der Waals surface area contributed by atoms with Crippen LogP contribution in [-0.2, 0) is 46.1 Å². The van der Waals surface area contributed by atoms with Crippen molar-refractivity contribution in [3.63, 3.8) is 0 Å². The average Bonchev–Trinajstić information content (AvgIpc) is 3.47. The van der Waals surface area contributed by atoms with Gasteiger partial charge in [-0.15, -0.1) is 11.3 Å². The molecule has 1 aromatic carbocycles. The first-order chi connectivity index (χ1) is 23.6. The smallest absolute Gasteiger partial charge is 0.362 e. The highest BCUT2D eigenvalue weighted by molar-refractivity contribution is 7.89. The number of nitrogen functional groups attached to an aromatic ring is 1. The Kier molecular flexibility index (Phi) is 10.7. The molecule has 1 aliphatic rings. The fourth-order valence-corrected chi connectivity index (χ4v) is 6.68. The number of carboxylic acids is 1. The second-order valence-corrected chi connectivity index (χ2v) is 14.9. The first kappa shape index (κ1) is 38.2. The Balaban J connectivity index is 1.51. The summed E-state index contributed by atoms with van der Waals surface area (Å²) < 4.78 is 61.8. The van der Waals surface area contributed by atoms with Crippen LogP contribution in [0.2, 0.25) is 0 Å². The van der Waals surface area contributed by atoms with Gasteiger partial charge in [-0.05, 0) is 32.0 Å². The van der Waals surface area contributed by atoms with E-state index in [1.54, 1.807) is 0 Å². The van der Waals surface area contributed by atoms with Crippen molar-refractivity contribution < 1.29 is 60.8 Å². The number of sulfonamides is 1. The van der Waals surface area contributed by atoms with Gasteiger partial charge >= 0.3 is 16.3 Å². The highest BCUT2D eigenvalue weighted by atomic mass is 32.2. The fourth-order valence-electron chi connectivity index (χ4n) is 4.21. The van der Waals surface area contributed by atoms with E-state index in [0.29, 0.717) is 10.9 Å². The fraction of sp³-hybridized carbons (Fsp3) is 0.269. The SMILES string of the molecule is CC(C)(ON=C(C(=O)N[C@@H]1C(=O)N(S(=O)(=O)O)[C@@H]1CNC(=O)c1cccc(S(=O)(=O)NCc2cc(=O)c(O)cn2O)c1)c1csc(N)n1)C(=O)O. The monoisotopic (exact) mass is 772 g/mol. The normalized spacial score (nSPS) is 16.6. The number of hydrogen-bond donors (Lipinski definition) is 8. The van der Waals surface area contributed by atoms with Crippen LogP contribution in [0.3, 0.4) is 0 Å². The number of oxime groups is 1. The Morgan fingerprint density at radius 1 is 1.16 bits per heavy atom. The maximum Gasteiger partial charge on any atom is 0.362 e. The van der Waals surface area contributed by atoms with Crippen LogP contribution in [0.15, 0.2) is 56.8 Å². The summed E-state index contributed by atoms with van der Waals surface area (Å²) in [5.41, 5.74) is 1.44. The topological polar surface area (TPSA) is 339 Å². The molecule has 0 aliphatic carbocycles. The van der Waals surface area contributed by atoms with E-state index in [4.69, 9.17) is 10.6 Å². The molecule has 9 N–H and O–H groups in total. The number of carbonyl (C=O) groups excluding carboxylic acids is 3. The van der Waals surface area contributed by atoms with E-state index in [-0.39, 0.29) is 26.4 Å². The average molecular weight is 773 g/mol. The number of thiazole rings is 1.